The zero-order valence-corrected chi connectivity index (χ0v) is 11.2. The summed E-state index contributed by atoms with van der Waals surface area (Å²) in [6.07, 6.45) is 0. The Labute approximate surface area is 106 Å². The SMILES string of the molecule is CCSCC(NC)c1cccc(Cl)c1Cl. The fourth-order valence-electron chi connectivity index (χ4n) is 1.35. The van der Waals surface area contributed by atoms with Gasteiger partial charge in [-0.15, -0.1) is 0 Å². The van der Waals surface area contributed by atoms with Crippen LogP contribution in [0.2, 0.25) is 10.0 Å². The van der Waals surface area contributed by atoms with Gasteiger partial charge in [-0.2, -0.15) is 11.8 Å². The minimum atomic E-state index is 0.265. The molecule has 0 saturated heterocycles. The van der Waals surface area contributed by atoms with Gasteiger partial charge < -0.3 is 5.32 Å². The highest BCUT2D eigenvalue weighted by Gasteiger charge is 2.13. The number of hydrogen-bond donors (Lipinski definition) is 1. The minimum Gasteiger partial charge on any atom is -0.312 e. The zero-order chi connectivity index (χ0) is 11.3. The first-order chi connectivity index (χ1) is 7.20. The van der Waals surface area contributed by atoms with Crippen LogP contribution in [0.15, 0.2) is 18.2 Å². The van der Waals surface area contributed by atoms with E-state index in [9.17, 15) is 0 Å². The summed E-state index contributed by atoms with van der Waals surface area (Å²) in [7, 11) is 1.94. The second-order valence-electron chi connectivity index (χ2n) is 3.14. The maximum absolute atomic E-state index is 6.16. The van der Waals surface area contributed by atoms with E-state index >= 15 is 0 Å². The van der Waals surface area contributed by atoms with Crippen LogP contribution in [0.25, 0.3) is 0 Å². The van der Waals surface area contributed by atoms with Crippen molar-refractivity contribution < 1.29 is 0 Å². The largest absolute Gasteiger partial charge is 0.312 e. The molecule has 1 aromatic carbocycles. The average Bonchev–Trinajstić information content (AvgIpc) is 2.25. The molecule has 1 atom stereocenters. The Morgan fingerprint density at radius 1 is 1.40 bits per heavy atom. The summed E-state index contributed by atoms with van der Waals surface area (Å²) in [4.78, 5) is 0. The van der Waals surface area contributed by atoms with Crippen molar-refractivity contribution in [1.82, 2.24) is 5.32 Å². The predicted octanol–water partition coefficient (Wildman–Crippen LogP) is 4.01. The molecule has 0 aliphatic carbocycles. The number of rotatable bonds is 5. The lowest BCUT2D eigenvalue weighted by Crippen LogP contribution is -2.19. The predicted molar refractivity (Wildman–Crippen MR) is 71.3 cm³/mol. The van der Waals surface area contributed by atoms with Gasteiger partial charge in [0.25, 0.3) is 0 Å². The molecule has 1 nitrogen and oxygen atoms in total. The van der Waals surface area contributed by atoms with Gasteiger partial charge in [0.05, 0.1) is 10.0 Å². The first kappa shape index (κ1) is 13.2. The molecule has 84 valence electrons. The summed E-state index contributed by atoms with van der Waals surface area (Å²) in [6.45, 7) is 2.15. The number of nitrogens with one attached hydrogen (secondary N) is 1. The van der Waals surface area contributed by atoms with Gasteiger partial charge in [0, 0.05) is 11.8 Å². The van der Waals surface area contributed by atoms with Crippen molar-refractivity contribution in [3.05, 3.63) is 33.8 Å². The highest BCUT2D eigenvalue weighted by Crippen LogP contribution is 2.31. The fraction of sp³-hybridized carbons (Fsp3) is 0.455. The van der Waals surface area contributed by atoms with E-state index in [1.807, 2.05) is 37.0 Å². The molecule has 0 aliphatic heterocycles. The maximum atomic E-state index is 6.16. The third kappa shape index (κ3) is 3.56. The third-order valence-electron chi connectivity index (χ3n) is 2.19. The van der Waals surface area contributed by atoms with Crippen molar-refractivity contribution in [3.63, 3.8) is 0 Å². The van der Waals surface area contributed by atoms with Crippen molar-refractivity contribution in [3.8, 4) is 0 Å². The Morgan fingerprint density at radius 3 is 2.73 bits per heavy atom. The molecule has 0 bridgehead atoms. The topological polar surface area (TPSA) is 12.0 Å². The Hall–Kier alpha value is 0.110. The molecule has 1 N–H and O–H groups in total. The van der Waals surface area contributed by atoms with Crippen LogP contribution in [0.5, 0.6) is 0 Å². The highest BCUT2D eigenvalue weighted by molar-refractivity contribution is 7.99. The zero-order valence-electron chi connectivity index (χ0n) is 8.89. The van der Waals surface area contributed by atoms with Crippen molar-refractivity contribution in [2.24, 2.45) is 0 Å². The highest BCUT2D eigenvalue weighted by atomic mass is 35.5. The van der Waals surface area contributed by atoms with Gasteiger partial charge in [-0.25, -0.2) is 0 Å². The molecule has 1 aromatic rings. The van der Waals surface area contributed by atoms with Crippen molar-refractivity contribution in [2.75, 3.05) is 18.6 Å². The smallest absolute Gasteiger partial charge is 0.0640 e. The quantitative estimate of drug-likeness (QED) is 0.862. The van der Waals surface area contributed by atoms with E-state index in [4.69, 9.17) is 23.2 Å². The number of halogens is 2. The Morgan fingerprint density at radius 2 is 2.13 bits per heavy atom. The average molecular weight is 264 g/mol. The Bertz CT molecular complexity index is 317. The van der Waals surface area contributed by atoms with Crippen LogP contribution in [-0.4, -0.2) is 18.6 Å². The van der Waals surface area contributed by atoms with E-state index in [1.54, 1.807) is 0 Å². The van der Waals surface area contributed by atoms with Gasteiger partial charge in [-0.3, -0.25) is 0 Å². The fourth-order valence-corrected chi connectivity index (χ4v) is 2.61. The lowest BCUT2D eigenvalue weighted by molar-refractivity contribution is 0.662. The van der Waals surface area contributed by atoms with Crippen LogP contribution in [0, 0.1) is 0 Å². The van der Waals surface area contributed by atoms with Gasteiger partial charge in [-0.05, 0) is 24.4 Å². The van der Waals surface area contributed by atoms with E-state index in [-0.39, 0.29) is 6.04 Å². The van der Waals surface area contributed by atoms with Gasteiger partial charge in [0.2, 0.25) is 0 Å². The van der Waals surface area contributed by atoms with Gasteiger partial charge in [-0.1, -0.05) is 42.3 Å². The van der Waals surface area contributed by atoms with Gasteiger partial charge in [0.1, 0.15) is 0 Å². The second kappa shape index (κ2) is 6.64. The van der Waals surface area contributed by atoms with Crippen molar-refractivity contribution in [1.29, 1.82) is 0 Å². The molecule has 0 aromatic heterocycles. The van der Waals surface area contributed by atoms with E-state index in [2.05, 4.69) is 12.2 Å². The molecule has 0 amide bonds. The minimum absolute atomic E-state index is 0.265. The number of benzene rings is 1. The van der Waals surface area contributed by atoms with Crippen molar-refractivity contribution in [2.45, 2.75) is 13.0 Å². The first-order valence-corrected chi connectivity index (χ1v) is 6.80. The molecule has 1 rings (SSSR count). The molecule has 0 aliphatic rings. The van der Waals surface area contributed by atoms with E-state index < -0.39 is 0 Å². The lowest BCUT2D eigenvalue weighted by Gasteiger charge is -2.17. The number of thioether (sulfide) groups is 1. The monoisotopic (exact) mass is 263 g/mol. The van der Waals surface area contributed by atoms with Crippen LogP contribution in [0.1, 0.15) is 18.5 Å². The molecule has 1 unspecified atom stereocenters. The first-order valence-electron chi connectivity index (χ1n) is 4.89. The van der Waals surface area contributed by atoms with E-state index in [1.165, 1.54) is 0 Å². The van der Waals surface area contributed by atoms with Crippen LogP contribution in [-0.2, 0) is 0 Å². The van der Waals surface area contributed by atoms with Crippen LogP contribution >= 0.6 is 35.0 Å². The standard InChI is InChI=1S/C11H15Cl2NS/c1-3-15-7-10(14-2)8-5-4-6-9(12)11(8)13/h4-6,10,14H,3,7H2,1-2H3. The number of hydrogen-bond acceptors (Lipinski definition) is 2. The molecular formula is C11H15Cl2NS. The molecule has 0 radical (unpaired) electrons. The summed E-state index contributed by atoms with van der Waals surface area (Å²) in [5.74, 6) is 2.11. The molecule has 0 heterocycles. The molecule has 0 saturated carbocycles. The van der Waals surface area contributed by atoms with Crippen LogP contribution in [0.4, 0.5) is 0 Å². The maximum Gasteiger partial charge on any atom is 0.0640 e. The molecule has 0 fully saturated rings. The van der Waals surface area contributed by atoms with E-state index in [0.717, 1.165) is 17.1 Å². The third-order valence-corrected chi connectivity index (χ3v) is 4.00. The Balaban J connectivity index is 2.86. The Kier molecular flexibility index (Phi) is 5.83. The summed E-state index contributed by atoms with van der Waals surface area (Å²) in [6, 6.07) is 6.03. The second-order valence-corrected chi connectivity index (χ2v) is 5.25. The molecule has 4 heteroatoms. The summed E-state index contributed by atoms with van der Waals surface area (Å²) in [5.41, 5.74) is 1.08. The molecular weight excluding hydrogens is 249 g/mol. The lowest BCUT2D eigenvalue weighted by atomic mass is 10.1. The van der Waals surface area contributed by atoms with Gasteiger partial charge >= 0.3 is 0 Å². The molecule has 0 spiro atoms. The summed E-state index contributed by atoms with van der Waals surface area (Å²) >= 11 is 14.0. The normalized spacial score (nSPS) is 12.8. The van der Waals surface area contributed by atoms with Crippen LogP contribution in [0.3, 0.4) is 0 Å². The van der Waals surface area contributed by atoms with Crippen molar-refractivity contribution >= 4 is 35.0 Å². The van der Waals surface area contributed by atoms with Gasteiger partial charge in [0.15, 0.2) is 0 Å². The molecule has 15 heavy (non-hydrogen) atoms. The van der Waals surface area contributed by atoms with E-state index in [0.29, 0.717) is 10.0 Å². The summed E-state index contributed by atoms with van der Waals surface area (Å²) < 4.78 is 0. The summed E-state index contributed by atoms with van der Waals surface area (Å²) in [5, 5.41) is 4.54. The van der Waals surface area contributed by atoms with Crippen LogP contribution < -0.4 is 5.32 Å².